The molecule has 0 aromatic carbocycles. The van der Waals surface area contributed by atoms with Crippen LogP contribution in [0.2, 0.25) is 10.3 Å². The third kappa shape index (κ3) is 2.80. The number of hydrogen-bond donors (Lipinski definition) is 0. The Balaban J connectivity index is 3.27. The zero-order valence-electron chi connectivity index (χ0n) is 7.48. The van der Waals surface area contributed by atoms with Gasteiger partial charge in [-0.05, 0) is 6.07 Å². The van der Waals surface area contributed by atoms with Gasteiger partial charge in [0, 0.05) is 28.6 Å². The molecule has 0 aliphatic heterocycles. The quantitative estimate of drug-likeness (QED) is 0.792. The highest BCUT2D eigenvalue weighted by atomic mass is 35.5. The number of aromatic nitrogens is 2. The summed E-state index contributed by atoms with van der Waals surface area (Å²) in [6.45, 7) is 0. The minimum atomic E-state index is -0.624. The summed E-state index contributed by atoms with van der Waals surface area (Å²) >= 11 is 29.2. The zero-order valence-corrected chi connectivity index (χ0v) is 11.3. The first kappa shape index (κ1) is 13.6. The number of halogens is 5. The van der Waals surface area contributed by atoms with E-state index < -0.39 is 5.41 Å². The SMILES string of the molecule is ClCC(CCl)(CCl)c1cc(Cl)nnc1Cl. The van der Waals surface area contributed by atoms with Crippen LogP contribution in [0.25, 0.3) is 0 Å². The normalized spacial score (nSPS) is 11.8. The Morgan fingerprint density at radius 2 is 1.53 bits per heavy atom. The van der Waals surface area contributed by atoms with Crippen LogP contribution in [-0.4, -0.2) is 27.8 Å². The van der Waals surface area contributed by atoms with Gasteiger partial charge in [-0.2, -0.15) is 0 Å². The first-order valence-electron chi connectivity index (χ1n) is 3.96. The van der Waals surface area contributed by atoms with Gasteiger partial charge < -0.3 is 0 Å². The molecule has 0 saturated carbocycles. The fraction of sp³-hybridized carbons (Fsp3) is 0.500. The second-order valence-electron chi connectivity index (χ2n) is 3.05. The highest BCUT2D eigenvalue weighted by Gasteiger charge is 2.33. The summed E-state index contributed by atoms with van der Waals surface area (Å²) in [5.74, 6) is 0.714. The fourth-order valence-electron chi connectivity index (χ4n) is 1.05. The fourth-order valence-corrected chi connectivity index (χ4v) is 2.78. The molecule has 1 aromatic heterocycles. The summed E-state index contributed by atoms with van der Waals surface area (Å²) in [5, 5.41) is 7.76. The van der Waals surface area contributed by atoms with Crippen LogP contribution in [-0.2, 0) is 5.41 Å². The molecule has 0 saturated heterocycles. The molecule has 2 nitrogen and oxygen atoms in total. The lowest BCUT2D eigenvalue weighted by atomic mass is 9.88. The first-order valence-corrected chi connectivity index (χ1v) is 6.32. The van der Waals surface area contributed by atoms with Crippen molar-refractivity contribution in [2.24, 2.45) is 0 Å². The zero-order chi connectivity index (χ0) is 11.5. The van der Waals surface area contributed by atoms with Crippen molar-refractivity contribution >= 4 is 58.0 Å². The smallest absolute Gasteiger partial charge is 0.137 e. The van der Waals surface area contributed by atoms with Crippen molar-refractivity contribution in [3.63, 3.8) is 0 Å². The van der Waals surface area contributed by atoms with Gasteiger partial charge in [-0.15, -0.1) is 45.0 Å². The van der Waals surface area contributed by atoms with Crippen molar-refractivity contribution in [3.8, 4) is 0 Å². The molecule has 1 aromatic rings. The van der Waals surface area contributed by atoms with E-state index in [4.69, 9.17) is 58.0 Å². The molecular weight excluding hydrogens is 301 g/mol. The van der Waals surface area contributed by atoms with Crippen LogP contribution in [0.3, 0.4) is 0 Å². The maximum absolute atomic E-state index is 5.91. The van der Waals surface area contributed by atoms with Gasteiger partial charge >= 0.3 is 0 Å². The van der Waals surface area contributed by atoms with Crippen LogP contribution >= 0.6 is 58.0 Å². The maximum Gasteiger partial charge on any atom is 0.155 e. The van der Waals surface area contributed by atoms with Crippen LogP contribution in [0, 0.1) is 0 Å². The van der Waals surface area contributed by atoms with Gasteiger partial charge in [0.2, 0.25) is 0 Å². The van der Waals surface area contributed by atoms with Gasteiger partial charge in [0.1, 0.15) is 0 Å². The highest BCUT2D eigenvalue weighted by Crippen LogP contribution is 2.33. The molecule has 0 atom stereocenters. The van der Waals surface area contributed by atoms with Crippen LogP contribution in [0.4, 0.5) is 0 Å². The number of nitrogens with zero attached hydrogens (tertiary/aromatic N) is 2. The minimum Gasteiger partial charge on any atom is -0.137 e. The van der Waals surface area contributed by atoms with E-state index in [0.29, 0.717) is 5.56 Å². The minimum absolute atomic E-state index is 0.223. The first-order chi connectivity index (χ1) is 7.09. The van der Waals surface area contributed by atoms with Crippen molar-refractivity contribution in [1.29, 1.82) is 0 Å². The van der Waals surface area contributed by atoms with E-state index in [1.165, 1.54) is 0 Å². The molecule has 84 valence electrons. The summed E-state index contributed by atoms with van der Waals surface area (Å²) < 4.78 is 0. The largest absolute Gasteiger partial charge is 0.155 e. The second-order valence-corrected chi connectivity index (χ2v) is 4.60. The lowest BCUT2D eigenvalue weighted by Gasteiger charge is -2.27. The third-order valence-corrected chi connectivity index (χ3v) is 4.06. The monoisotopic (exact) mass is 306 g/mol. The molecule has 0 aliphatic rings. The van der Waals surface area contributed by atoms with E-state index in [2.05, 4.69) is 10.2 Å². The molecule has 15 heavy (non-hydrogen) atoms. The molecule has 0 radical (unpaired) electrons. The Morgan fingerprint density at radius 1 is 1.00 bits per heavy atom. The molecule has 0 unspecified atom stereocenters. The summed E-state index contributed by atoms with van der Waals surface area (Å²) in [7, 11) is 0. The summed E-state index contributed by atoms with van der Waals surface area (Å²) in [5.41, 5.74) is 0.00518. The maximum atomic E-state index is 5.91. The molecule has 0 spiro atoms. The van der Waals surface area contributed by atoms with Gasteiger partial charge in [-0.3, -0.25) is 0 Å². The molecular formula is C8H7Cl5N2. The van der Waals surface area contributed by atoms with E-state index in [-0.39, 0.29) is 27.9 Å². The second kappa shape index (κ2) is 5.74. The van der Waals surface area contributed by atoms with Crippen molar-refractivity contribution in [1.82, 2.24) is 10.2 Å². The van der Waals surface area contributed by atoms with Crippen molar-refractivity contribution in [3.05, 3.63) is 21.9 Å². The molecule has 7 heteroatoms. The number of alkyl halides is 3. The van der Waals surface area contributed by atoms with Crippen molar-refractivity contribution in [2.45, 2.75) is 5.41 Å². The van der Waals surface area contributed by atoms with Gasteiger partial charge in [-0.1, -0.05) is 23.2 Å². The lowest BCUT2D eigenvalue weighted by molar-refractivity contribution is 0.608. The van der Waals surface area contributed by atoms with E-state index >= 15 is 0 Å². The van der Waals surface area contributed by atoms with Crippen LogP contribution in [0.1, 0.15) is 5.56 Å². The number of rotatable bonds is 4. The van der Waals surface area contributed by atoms with Crippen molar-refractivity contribution < 1.29 is 0 Å². The van der Waals surface area contributed by atoms with E-state index in [1.54, 1.807) is 6.07 Å². The van der Waals surface area contributed by atoms with Gasteiger partial charge in [0.05, 0.1) is 0 Å². The van der Waals surface area contributed by atoms with Gasteiger partial charge in [0.25, 0.3) is 0 Å². The molecule has 0 amide bonds. The Labute approximate surface area is 113 Å². The Morgan fingerprint density at radius 3 is 2.00 bits per heavy atom. The molecule has 0 aliphatic carbocycles. The lowest BCUT2D eigenvalue weighted by Crippen LogP contribution is -2.33. The molecule has 0 N–H and O–H groups in total. The van der Waals surface area contributed by atoms with Crippen molar-refractivity contribution in [2.75, 3.05) is 17.6 Å². The van der Waals surface area contributed by atoms with E-state index in [1.807, 2.05) is 0 Å². The van der Waals surface area contributed by atoms with Crippen LogP contribution in [0.15, 0.2) is 6.07 Å². The van der Waals surface area contributed by atoms with Gasteiger partial charge in [-0.25, -0.2) is 0 Å². The predicted molar refractivity (Wildman–Crippen MR) is 65.9 cm³/mol. The highest BCUT2D eigenvalue weighted by molar-refractivity contribution is 6.32. The Hall–Kier alpha value is 0.530. The van der Waals surface area contributed by atoms with E-state index in [0.717, 1.165) is 0 Å². The molecule has 0 fully saturated rings. The summed E-state index contributed by atoms with van der Waals surface area (Å²) in [4.78, 5) is 0. The molecule has 1 heterocycles. The number of hydrogen-bond acceptors (Lipinski definition) is 2. The van der Waals surface area contributed by atoms with Crippen LogP contribution < -0.4 is 0 Å². The summed E-state index contributed by atoms with van der Waals surface area (Å²) in [6.07, 6.45) is 0. The molecule has 1 rings (SSSR count). The average molecular weight is 308 g/mol. The van der Waals surface area contributed by atoms with E-state index in [9.17, 15) is 0 Å². The average Bonchev–Trinajstić information content (AvgIpc) is 2.26. The Kier molecular flexibility index (Phi) is 5.20. The standard InChI is InChI=1S/C8H7Cl5N2/c9-2-8(3-10,4-11)5-1-6(12)14-15-7(5)13/h1H,2-4H2. The molecule has 0 bridgehead atoms. The third-order valence-electron chi connectivity index (χ3n) is 2.06. The summed E-state index contributed by atoms with van der Waals surface area (Å²) in [6, 6.07) is 1.59. The topological polar surface area (TPSA) is 25.8 Å². The van der Waals surface area contributed by atoms with Crippen LogP contribution in [0.5, 0.6) is 0 Å². The Bertz CT molecular complexity index is 332. The van der Waals surface area contributed by atoms with Gasteiger partial charge in [0.15, 0.2) is 10.3 Å². The predicted octanol–water partition coefficient (Wildman–Crippen LogP) is 3.74.